The molecule has 3 aromatic rings. The summed E-state index contributed by atoms with van der Waals surface area (Å²) < 4.78 is 16.1. The molecule has 3 aromatic carbocycles. The van der Waals surface area contributed by atoms with E-state index < -0.39 is 12.3 Å². The number of halogens is 1. The summed E-state index contributed by atoms with van der Waals surface area (Å²) in [6.45, 7) is 4.70. The molecule has 0 bridgehead atoms. The second-order valence-electron chi connectivity index (χ2n) is 14.2. The van der Waals surface area contributed by atoms with Gasteiger partial charge in [0.2, 0.25) is 5.91 Å². The quantitative estimate of drug-likeness (QED) is 0.202. The Kier molecular flexibility index (Phi) is 9.51. The highest BCUT2D eigenvalue weighted by Crippen LogP contribution is 2.63. The fraction of sp³-hybridized carbons (Fsp3) is 0.487. The van der Waals surface area contributed by atoms with Crippen molar-refractivity contribution in [3.05, 3.63) is 95.1 Å². The summed E-state index contributed by atoms with van der Waals surface area (Å²) in [5.41, 5.74) is 4.05. The lowest BCUT2D eigenvalue weighted by atomic mass is 9.51. The van der Waals surface area contributed by atoms with Crippen LogP contribution in [0, 0.1) is 23.2 Å². The van der Waals surface area contributed by atoms with Crippen LogP contribution in [0.4, 0.5) is 10.1 Å². The number of unbranched alkanes of at least 4 members (excludes halogenated alkanes) is 2. The summed E-state index contributed by atoms with van der Waals surface area (Å²) in [7, 11) is 0. The maximum Gasteiger partial charge on any atom is 0.254 e. The average Bonchev–Trinajstić information content (AvgIpc) is 3.33. The van der Waals surface area contributed by atoms with Gasteiger partial charge in [0.15, 0.2) is 0 Å². The van der Waals surface area contributed by atoms with Crippen LogP contribution in [0.15, 0.2) is 72.8 Å². The Morgan fingerprint density at radius 2 is 1.76 bits per heavy atom. The van der Waals surface area contributed by atoms with Gasteiger partial charge in [0, 0.05) is 37.2 Å². The molecule has 2 saturated carbocycles. The van der Waals surface area contributed by atoms with Gasteiger partial charge in [-0.25, -0.2) is 4.39 Å². The number of anilines is 1. The maximum absolute atomic E-state index is 16.1. The van der Waals surface area contributed by atoms with E-state index >= 15 is 4.39 Å². The summed E-state index contributed by atoms with van der Waals surface area (Å²) in [5, 5.41) is 24.0. The minimum atomic E-state index is -1.00. The lowest BCUT2D eigenvalue weighted by Gasteiger charge is -2.54. The number of amides is 2. The Bertz CT molecular complexity index is 1530. The first-order chi connectivity index (χ1) is 22.1. The van der Waals surface area contributed by atoms with Gasteiger partial charge in [-0.2, -0.15) is 0 Å². The van der Waals surface area contributed by atoms with Crippen LogP contribution in [0.1, 0.15) is 91.8 Å². The van der Waals surface area contributed by atoms with Crippen molar-refractivity contribution >= 4 is 17.5 Å². The fourth-order valence-electron chi connectivity index (χ4n) is 9.06. The molecule has 0 aromatic heterocycles. The molecule has 6 nitrogen and oxygen atoms in total. The van der Waals surface area contributed by atoms with Gasteiger partial charge in [-0.15, -0.1) is 0 Å². The van der Waals surface area contributed by atoms with Crippen LogP contribution in [0.2, 0.25) is 0 Å². The largest absolute Gasteiger partial charge is 0.508 e. The molecule has 7 heteroatoms. The van der Waals surface area contributed by atoms with Crippen LogP contribution in [0.3, 0.4) is 0 Å². The normalized spacial score (nSPS) is 28.1. The van der Waals surface area contributed by atoms with Gasteiger partial charge in [-0.05, 0) is 115 Å². The first-order valence-electron chi connectivity index (χ1n) is 17.0. The summed E-state index contributed by atoms with van der Waals surface area (Å²) >= 11 is 0. The molecule has 6 rings (SSSR count). The number of carbonyl (C=O) groups excluding carboxylic acids is 2. The van der Waals surface area contributed by atoms with Gasteiger partial charge >= 0.3 is 0 Å². The summed E-state index contributed by atoms with van der Waals surface area (Å²) in [6.07, 6.45) is 5.19. The molecule has 3 N–H and O–H groups in total. The van der Waals surface area contributed by atoms with Crippen LogP contribution in [-0.2, 0) is 17.8 Å². The van der Waals surface area contributed by atoms with Gasteiger partial charge in [-0.1, -0.05) is 56.2 Å². The van der Waals surface area contributed by atoms with Crippen molar-refractivity contribution in [2.75, 3.05) is 11.9 Å². The van der Waals surface area contributed by atoms with Crippen molar-refractivity contribution in [1.82, 2.24) is 4.90 Å². The SMILES string of the molecule is CC(=O)Nc1ccc(C(=O)N(CCCCC[C@@H]2Cc3cc(O)ccc3[C@@H]3[C@@H]2[C@@H]2CC[C@H](O)[C@@]2(C)C[C@@H]3F)Cc2ccccc2)cc1. The number of aliphatic hydroxyl groups is 1. The van der Waals surface area contributed by atoms with E-state index in [1.54, 1.807) is 30.3 Å². The molecule has 0 heterocycles. The number of hydrogen-bond donors (Lipinski definition) is 3. The molecule has 0 aliphatic heterocycles. The molecular weight excluding hydrogens is 579 g/mol. The third kappa shape index (κ3) is 6.57. The van der Waals surface area contributed by atoms with E-state index in [1.165, 1.54) is 6.92 Å². The van der Waals surface area contributed by atoms with Crippen molar-refractivity contribution in [3.63, 3.8) is 0 Å². The predicted octanol–water partition coefficient (Wildman–Crippen LogP) is 7.64. The molecule has 3 aliphatic rings. The molecule has 0 radical (unpaired) electrons. The summed E-state index contributed by atoms with van der Waals surface area (Å²) in [4.78, 5) is 27.0. The van der Waals surface area contributed by atoms with E-state index in [-0.39, 0.29) is 40.7 Å². The monoisotopic (exact) mass is 626 g/mol. The average molecular weight is 627 g/mol. The predicted molar refractivity (Wildman–Crippen MR) is 178 cm³/mol. The van der Waals surface area contributed by atoms with Crippen molar-refractivity contribution in [3.8, 4) is 5.75 Å². The minimum Gasteiger partial charge on any atom is -0.508 e. The number of aromatic hydroxyl groups is 1. The zero-order chi connectivity index (χ0) is 32.4. The van der Waals surface area contributed by atoms with Crippen molar-refractivity contribution in [2.45, 2.75) is 90.0 Å². The Hall–Kier alpha value is -3.71. The number of fused-ring (bicyclic) bond motifs is 5. The van der Waals surface area contributed by atoms with E-state index in [9.17, 15) is 19.8 Å². The number of benzene rings is 3. The highest BCUT2D eigenvalue weighted by atomic mass is 19.1. The van der Waals surface area contributed by atoms with Gasteiger partial charge in [0.05, 0.1) is 6.10 Å². The second kappa shape index (κ2) is 13.6. The topological polar surface area (TPSA) is 89.9 Å². The van der Waals surface area contributed by atoms with Gasteiger partial charge in [0.25, 0.3) is 5.91 Å². The third-order valence-electron chi connectivity index (χ3n) is 11.2. The van der Waals surface area contributed by atoms with Gasteiger partial charge < -0.3 is 20.4 Å². The molecule has 2 amide bonds. The van der Waals surface area contributed by atoms with Crippen LogP contribution < -0.4 is 5.32 Å². The highest BCUT2D eigenvalue weighted by Gasteiger charge is 2.59. The Morgan fingerprint density at radius 3 is 2.50 bits per heavy atom. The number of rotatable bonds is 10. The molecule has 7 atom stereocenters. The summed E-state index contributed by atoms with van der Waals surface area (Å²) in [6, 6.07) is 22.5. The number of aliphatic hydroxyl groups excluding tert-OH is 1. The molecule has 2 fully saturated rings. The first kappa shape index (κ1) is 32.2. The number of carbonyl (C=O) groups is 2. The Balaban J connectivity index is 1.13. The van der Waals surface area contributed by atoms with E-state index in [2.05, 4.69) is 12.2 Å². The zero-order valence-corrected chi connectivity index (χ0v) is 27.0. The van der Waals surface area contributed by atoms with Crippen LogP contribution in [-0.4, -0.2) is 45.7 Å². The Morgan fingerprint density at radius 1 is 1.00 bits per heavy atom. The number of alkyl halides is 1. The summed E-state index contributed by atoms with van der Waals surface area (Å²) in [5.74, 6) is 0.613. The number of phenols is 1. The number of hydrogen-bond acceptors (Lipinski definition) is 4. The smallest absolute Gasteiger partial charge is 0.254 e. The number of nitrogens with zero attached hydrogens (tertiary/aromatic N) is 1. The number of nitrogens with one attached hydrogen (secondary N) is 1. The molecule has 3 aliphatic carbocycles. The highest BCUT2D eigenvalue weighted by molar-refractivity contribution is 5.95. The Labute approximate surface area is 272 Å². The zero-order valence-electron chi connectivity index (χ0n) is 27.0. The second-order valence-corrected chi connectivity index (χ2v) is 14.2. The fourth-order valence-corrected chi connectivity index (χ4v) is 9.06. The lowest BCUT2D eigenvalue weighted by molar-refractivity contribution is -0.114. The molecule has 0 unspecified atom stereocenters. The standard InChI is InChI=1S/C39H47FN2O4/c1-25(43)41-30-14-12-27(13-15-30)38(46)42(24-26-9-5-3-6-10-26)20-8-4-7-11-28-21-29-22-31(44)16-17-32(29)37-34(40)23-39(2)33(36(28)37)18-19-35(39)45/h3,5-6,9-10,12-17,22,28,33-37,44-45H,4,7-8,11,18-21,23-24H2,1-2H3,(H,41,43)/t28-,33+,34+,35+,36+,37+,39+/m1/s1. The first-order valence-corrected chi connectivity index (χ1v) is 17.0. The van der Waals surface area contributed by atoms with E-state index in [4.69, 9.17) is 0 Å². The van der Waals surface area contributed by atoms with Gasteiger partial charge in [-0.3, -0.25) is 9.59 Å². The lowest BCUT2D eigenvalue weighted by Crippen LogP contribution is -2.51. The molecule has 0 spiro atoms. The van der Waals surface area contributed by atoms with E-state index in [0.717, 1.165) is 61.6 Å². The molecule has 244 valence electrons. The van der Waals surface area contributed by atoms with E-state index in [0.29, 0.717) is 36.7 Å². The van der Waals surface area contributed by atoms with Gasteiger partial charge in [0.1, 0.15) is 11.9 Å². The van der Waals surface area contributed by atoms with Crippen molar-refractivity contribution in [2.24, 2.45) is 23.2 Å². The van der Waals surface area contributed by atoms with E-state index in [1.807, 2.05) is 47.4 Å². The van der Waals surface area contributed by atoms with Crippen LogP contribution in [0.5, 0.6) is 5.75 Å². The maximum atomic E-state index is 16.1. The molecule has 46 heavy (non-hydrogen) atoms. The van der Waals surface area contributed by atoms with Crippen molar-refractivity contribution in [1.29, 1.82) is 0 Å². The molecular formula is C39H47FN2O4. The number of phenolic OH excluding ortho intramolecular Hbond substituents is 1. The minimum absolute atomic E-state index is 0.0416. The third-order valence-corrected chi connectivity index (χ3v) is 11.2. The van der Waals surface area contributed by atoms with Crippen LogP contribution in [0.25, 0.3) is 0 Å². The van der Waals surface area contributed by atoms with Crippen molar-refractivity contribution < 1.29 is 24.2 Å². The van der Waals surface area contributed by atoms with Crippen LogP contribution >= 0.6 is 0 Å². The molecule has 0 saturated heterocycles.